The van der Waals surface area contributed by atoms with Gasteiger partial charge in [0.05, 0.1) is 13.7 Å². The van der Waals surface area contributed by atoms with Crippen molar-refractivity contribution in [3.63, 3.8) is 0 Å². The predicted molar refractivity (Wildman–Crippen MR) is 251 cm³/mol. The molecule has 300 valence electrons. The largest absolute Gasteiger partial charge is 0.376 e. The fourth-order valence-corrected chi connectivity index (χ4v) is 15.5. The quantitative estimate of drug-likeness (QED) is 0.109. The van der Waals surface area contributed by atoms with Gasteiger partial charge in [-0.1, -0.05) is 202 Å². The van der Waals surface area contributed by atoms with Gasteiger partial charge in [-0.15, -0.1) is 0 Å². The van der Waals surface area contributed by atoms with Crippen LogP contribution in [0.2, 0.25) is 12.6 Å². The Balaban J connectivity index is 0.00000194. The van der Waals surface area contributed by atoms with Gasteiger partial charge >= 0.3 is 0 Å². The summed E-state index contributed by atoms with van der Waals surface area (Å²) in [6, 6.07) is 34.4. The van der Waals surface area contributed by atoms with E-state index in [1.165, 1.54) is 76.2 Å². The number of fused-ring (bicyclic) bond motifs is 2. The van der Waals surface area contributed by atoms with Crippen LogP contribution in [-0.2, 0) is 15.6 Å². The van der Waals surface area contributed by atoms with Crippen molar-refractivity contribution in [2.45, 2.75) is 162 Å². The van der Waals surface area contributed by atoms with E-state index in [0.717, 1.165) is 13.0 Å². The first-order valence-electron chi connectivity index (χ1n) is 21.8. The SMILES string of the molecule is CC1=Cc2c(-c3ccc(C(C)(C)C)cc3)cccc2C1[Si](C)(CCCCCCOC(C)(C)C)C1C(C)=Cc2c(-c3ccc(C(C)(C)C)cc3)cccc21.CCC. The maximum atomic E-state index is 6.08. The number of allylic oxidation sites excluding steroid dienone is 2. The minimum absolute atomic E-state index is 0.0636. The normalized spacial score (nSPS) is 17.7. The molecule has 0 saturated heterocycles. The molecule has 4 aromatic rings. The highest BCUT2D eigenvalue weighted by atomic mass is 28.3. The molecule has 2 aliphatic rings. The average Bonchev–Trinajstić information content (AvgIpc) is 3.66. The minimum atomic E-state index is -2.09. The van der Waals surface area contributed by atoms with Crippen LogP contribution < -0.4 is 0 Å². The van der Waals surface area contributed by atoms with Gasteiger partial charge in [-0.2, -0.15) is 0 Å². The highest BCUT2D eigenvalue weighted by Gasteiger charge is 2.49. The van der Waals surface area contributed by atoms with Gasteiger partial charge in [0.15, 0.2) is 0 Å². The van der Waals surface area contributed by atoms with Gasteiger partial charge in [0.1, 0.15) is 0 Å². The van der Waals surface area contributed by atoms with E-state index in [1.807, 2.05) is 0 Å². The lowest BCUT2D eigenvalue weighted by Gasteiger charge is -2.42. The van der Waals surface area contributed by atoms with E-state index in [4.69, 9.17) is 4.74 Å². The molecule has 2 aliphatic carbocycles. The first-order chi connectivity index (χ1) is 26.3. The molecule has 4 aromatic carbocycles. The molecule has 2 unspecified atom stereocenters. The summed E-state index contributed by atoms with van der Waals surface area (Å²) >= 11 is 0. The fourth-order valence-electron chi connectivity index (χ4n) is 9.45. The van der Waals surface area contributed by atoms with Gasteiger partial charge in [-0.3, -0.25) is 0 Å². The third-order valence-corrected chi connectivity index (χ3v) is 17.7. The zero-order valence-corrected chi connectivity index (χ0v) is 38.8. The molecule has 0 heterocycles. The number of benzene rings is 4. The van der Waals surface area contributed by atoms with Crippen molar-refractivity contribution in [2.75, 3.05) is 6.61 Å². The molecule has 0 bridgehead atoms. The summed E-state index contributed by atoms with van der Waals surface area (Å²) in [4.78, 5) is 0. The van der Waals surface area contributed by atoms with E-state index in [0.29, 0.717) is 11.1 Å². The maximum absolute atomic E-state index is 6.08. The third kappa shape index (κ3) is 9.79. The van der Waals surface area contributed by atoms with Crippen molar-refractivity contribution in [3.05, 3.63) is 129 Å². The first kappa shape index (κ1) is 43.7. The Morgan fingerprint density at radius 2 is 0.929 bits per heavy atom. The zero-order chi connectivity index (χ0) is 41.1. The van der Waals surface area contributed by atoms with Crippen molar-refractivity contribution < 1.29 is 4.74 Å². The van der Waals surface area contributed by atoms with Gasteiger partial charge in [0, 0.05) is 17.7 Å². The second kappa shape index (κ2) is 17.6. The number of hydrogen-bond acceptors (Lipinski definition) is 1. The second-order valence-corrected chi connectivity index (χ2v) is 24.9. The topological polar surface area (TPSA) is 9.23 Å². The molecule has 0 amide bonds. The van der Waals surface area contributed by atoms with Crippen molar-refractivity contribution in [3.8, 4) is 22.3 Å². The average molecular weight is 767 g/mol. The maximum Gasteiger partial charge on any atom is 0.0751 e. The van der Waals surface area contributed by atoms with Crippen LogP contribution in [0.3, 0.4) is 0 Å². The van der Waals surface area contributed by atoms with Crippen LogP contribution in [0.15, 0.2) is 96.1 Å². The van der Waals surface area contributed by atoms with E-state index in [9.17, 15) is 0 Å². The smallest absolute Gasteiger partial charge is 0.0751 e. The predicted octanol–water partition coefficient (Wildman–Crippen LogP) is 16.3. The molecule has 0 fully saturated rings. The molecule has 1 nitrogen and oxygen atoms in total. The van der Waals surface area contributed by atoms with Crippen molar-refractivity contribution in [1.29, 1.82) is 0 Å². The van der Waals surface area contributed by atoms with Crippen LogP contribution in [0.25, 0.3) is 34.4 Å². The molecule has 0 radical (unpaired) electrons. The molecule has 0 spiro atoms. The lowest BCUT2D eigenvalue weighted by Crippen LogP contribution is -2.45. The monoisotopic (exact) mass is 767 g/mol. The molecule has 0 N–H and O–H groups in total. The zero-order valence-electron chi connectivity index (χ0n) is 37.8. The van der Waals surface area contributed by atoms with Crippen molar-refractivity contribution in [2.24, 2.45) is 0 Å². The van der Waals surface area contributed by atoms with Crippen LogP contribution in [-0.4, -0.2) is 20.3 Å². The van der Waals surface area contributed by atoms with Crippen molar-refractivity contribution in [1.82, 2.24) is 0 Å². The van der Waals surface area contributed by atoms with Gasteiger partial charge in [-0.25, -0.2) is 0 Å². The Hall–Kier alpha value is -3.46. The summed E-state index contributed by atoms with van der Waals surface area (Å²) in [7, 11) is -2.09. The molecular weight excluding hydrogens is 693 g/mol. The van der Waals surface area contributed by atoms with Gasteiger partial charge < -0.3 is 4.74 Å². The highest BCUT2D eigenvalue weighted by Crippen LogP contribution is 2.56. The molecule has 6 rings (SSSR count). The molecule has 2 heteroatoms. The fraction of sp³-hybridized carbons (Fsp3) is 0.481. The Bertz CT molecular complexity index is 1860. The van der Waals surface area contributed by atoms with Crippen LogP contribution >= 0.6 is 0 Å². The number of hydrogen-bond donors (Lipinski definition) is 0. The molecule has 0 aromatic heterocycles. The van der Waals surface area contributed by atoms with E-state index < -0.39 is 8.07 Å². The molecule has 56 heavy (non-hydrogen) atoms. The summed E-state index contributed by atoms with van der Waals surface area (Å²) in [6.45, 7) is 33.0. The number of unbranched alkanes of at least 4 members (excludes halogenated alkanes) is 3. The van der Waals surface area contributed by atoms with Gasteiger partial charge in [-0.05, 0) is 108 Å². The van der Waals surface area contributed by atoms with Crippen LogP contribution in [0.1, 0.15) is 167 Å². The van der Waals surface area contributed by atoms with E-state index >= 15 is 0 Å². The first-order valence-corrected chi connectivity index (χ1v) is 24.6. The van der Waals surface area contributed by atoms with Crippen LogP contribution in [0.4, 0.5) is 0 Å². The molecular formula is C54H74OSi. The van der Waals surface area contributed by atoms with Gasteiger partial charge in [0.2, 0.25) is 0 Å². The van der Waals surface area contributed by atoms with Crippen LogP contribution in [0, 0.1) is 0 Å². The number of rotatable bonds is 11. The second-order valence-electron chi connectivity index (χ2n) is 20.3. The minimum Gasteiger partial charge on any atom is -0.376 e. The highest BCUT2D eigenvalue weighted by molar-refractivity contribution is 6.83. The summed E-state index contributed by atoms with van der Waals surface area (Å²) in [5, 5.41) is 0. The van der Waals surface area contributed by atoms with E-state index in [1.54, 1.807) is 22.3 Å². The molecule has 0 saturated carbocycles. The van der Waals surface area contributed by atoms with E-state index in [-0.39, 0.29) is 16.4 Å². The van der Waals surface area contributed by atoms with Crippen molar-refractivity contribution >= 4 is 20.2 Å². The number of ether oxygens (including phenoxy) is 1. The standard InChI is InChI=1S/C51H66OSi.C3H8/c1-35-33-45-41(37-23-27-39(28-24-37)49(3,4)5)19-17-21-43(45)47(35)53(12,32-16-14-13-15-31-52-51(9,10)11)48-36(2)34-46-42(20-18-22-44(46)48)38-25-29-40(30-26-38)50(6,7)8;1-3-2/h17-30,33-34,47-48H,13-16,31-32H2,1-12H3;3H2,1-2H3. The lowest BCUT2D eigenvalue weighted by molar-refractivity contribution is -0.00471. The van der Waals surface area contributed by atoms with Gasteiger partial charge in [0.25, 0.3) is 0 Å². The Morgan fingerprint density at radius 3 is 1.30 bits per heavy atom. The summed E-state index contributed by atoms with van der Waals surface area (Å²) < 4.78 is 6.08. The Labute approximate surface area is 344 Å². The lowest BCUT2D eigenvalue weighted by atomic mass is 9.86. The molecule has 0 aliphatic heterocycles. The summed E-state index contributed by atoms with van der Waals surface area (Å²) in [5.74, 6) is 0. The van der Waals surface area contributed by atoms with E-state index in [2.05, 4.69) is 194 Å². The summed E-state index contributed by atoms with van der Waals surface area (Å²) in [6.07, 6.45) is 11.3. The molecule has 2 atom stereocenters. The Morgan fingerprint density at radius 1 is 0.536 bits per heavy atom. The van der Waals surface area contributed by atoms with Crippen LogP contribution in [0.5, 0.6) is 0 Å². The summed E-state index contributed by atoms with van der Waals surface area (Å²) in [5.41, 5.74) is 18.5. The Kier molecular flexibility index (Phi) is 13.7. The third-order valence-electron chi connectivity index (χ3n) is 12.1.